The molecule has 0 N–H and O–H groups in total. The van der Waals surface area contributed by atoms with E-state index >= 15 is 0 Å². The summed E-state index contributed by atoms with van der Waals surface area (Å²) in [6.07, 6.45) is 0. The first-order valence-electron chi connectivity index (χ1n) is 9.81. The van der Waals surface area contributed by atoms with Gasteiger partial charge in [-0.1, -0.05) is 54.1 Å². The average molecular weight is 434 g/mol. The molecule has 3 aromatic carbocycles. The van der Waals surface area contributed by atoms with Crippen molar-refractivity contribution < 1.29 is 13.6 Å². The van der Waals surface area contributed by atoms with Gasteiger partial charge in [-0.15, -0.1) is 0 Å². The van der Waals surface area contributed by atoms with Crippen LogP contribution in [0.3, 0.4) is 0 Å². The maximum atomic E-state index is 13.5. The second-order valence-electron chi connectivity index (χ2n) is 7.64. The van der Waals surface area contributed by atoms with Gasteiger partial charge in [0.25, 0.3) is 5.91 Å². The van der Waals surface area contributed by atoms with E-state index in [1.54, 1.807) is 29.2 Å². The van der Waals surface area contributed by atoms with Gasteiger partial charge in [0.1, 0.15) is 11.4 Å². The zero-order valence-electron chi connectivity index (χ0n) is 16.6. The zero-order valence-corrected chi connectivity index (χ0v) is 17.3. The van der Waals surface area contributed by atoms with Crippen LogP contribution in [0, 0.1) is 12.7 Å². The van der Waals surface area contributed by atoms with Gasteiger partial charge < -0.3 is 9.32 Å². The van der Waals surface area contributed by atoms with Crippen molar-refractivity contribution in [3.05, 3.63) is 116 Å². The Morgan fingerprint density at radius 3 is 2.45 bits per heavy atom. The number of halogens is 2. The predicted octanol–water partition coefficient (Wildman–Crippen LogP) is 5.64. The lowest BCUT2D eigenvalue weighted by Gasteiger charge is -2.25. The molecule has 1 aliphatic rings. The van der Waals surface area contributed by atoms with Crippen LogP contribution in [0.4, 0.5) is 4.39 Å². The first-order chi connectivity index (χ1) is 14.9. The van der Waals surface area contributed by atoms with Gasteiger partial charge in [0.2, 0.25) is 5.76 Å². The third kappa shape index (κ3) is 3.22. The van der Waals surface area contributed by atoms with Crippen molar-refractivity contribution in [1.29, 1.82) is 0 Å². The number of benzene rings is 3. The zero-order chi connectivity index (χ0) is 21.7. The van der Waals surface area contributed by atoms with Gasteiger partial charge in [-0.25, -0.2) is 4.39 Å². The highest BCUT2D eigenvalue weighted by Gasteiger charge is 2.42. The van der Waals surface area contributed by atoms with Crippen molar-refractivity contribution in [1.82, 2.24) is 4.90 Å². The second kappa shape index (κ2) is 7.36. The van der Waals surface area contributed by atoms with Crippen LogP contribution < -0.4 is 5.43 Å². The van der Waals surface area contributed by atoms with Crippen molar-refractivity contribution in [2.75, 3.05) is 0 Å². The van der Waals surface area contributed by atoms with Crippen LogP contribution in [0.15, 0.2) is 75.9 Å². The Kier molecular flexibility index (Phi) is 4.63. The molecule has 5 rings (SSSR count). The Bertz CT molecular complexity index is 1380. The summed E-state index contributed by atoms with van der Waals surface area (Å²) in [6, 6.07) is 17.9. The predicted molar refractivity (Wildman–Crippen MR) is 117 cm³/mol. The monoisotopic (exact) mass is 433 g/mol. The maximum absolute atomic E-state index is 13.5. The Balaban J connectivity index is 1.73. The fourth-order valence-corrected chi connectivity index (χ4v) is 4.24. The SMILES string of the molecule is Cc1cc2oc3c(c(=O)c2cc1Cl)C(c1ccccc1)N(Cc1ccc(F)cc1)C3=O. The summed E-state index contributed by atoms with van der Waals surface area (Å²) in [6.45, 7) is 2.02. The molecule has 1 amide bonds. The van der Waals surface area contributed by atoms with Crippen LogP contribution >= 0.6 is 11.6 Å². The van der Waals surface area contributed by atoms with Gasteiger partial charge in [0.15, 0.2) is 5.43 Å². The summed E-state index contributed by atoms with van der Waals surface area (Å²) in [7, 11) is 0. The van der Waals surface area contributed by atoms with Gasteiger partial charge in [0, 0.05) is 11.6 Å². The van der Waals surface area contributed by atoms with E-state index in [0.29, 0.717) is 21.6 Å². The first-order valence-corrected chi connectivity index (χ1v) is 10.2. The van der Waals surface area contributed by atoms with E-state index < -0.39 is 6.04 Å². The van der Waals surface area contributed by atoms with Gasteiger partial charge in [0.05, 0.1) is 17.0 Å². The first kappa shape index (κ1) is 19.5. The second-order valence-corrected chi connectivity index (χ2v) is 8.05. The Morgan fingerprint density at radius 1 is 1.03 bits per heavy atom. The smallest absolute Gasteiger partial charge is 0.291 e. The fraction of sp³-hybridized carbons (Fsp3) is 0.120. The molecule has 2 heterocycles. The molecule has 154 valence electrons. The molecule has 0 aliphatic carbocycles. The highest BCUT2D eigenvalue weighted by atomic mass is 35.5. The summed E-state index contributed by atoms with van der Waals surface area (Å²) in [5.74, 6) is -0.690. The molecular weight excluding hydrogens is 417 g/mol. The molecule has 6 heteroatoms. The summed E-state index contributed by atoms with van der Waals surface area (Å²) in [4.78, 5) is 28.5. The summed E-state index contributed by atoms with van der Waals surface area (Å²) in [5.41, 5.74) is 2.65. The molecular formula is C25H17ClFNO3. The molecule has 0 bridgehead atoms. The molecule has 1 aromatic heterocycles. The lowest BCUT2D eigenvalue weighted by Crippen LogP contribution is -2.29. The number of carbonyl (C=O) groups excluding carboxylic acids is 1. The minimum absolute atomic E-state index is 0.0372. The topological polar surface area (TPSA) is 50.5 Å². The highest BCUT2D eigenvalue weighted by Crippen LogP contribution is 2.39. The summed E-state index contributed by atoms with van der Waals surface area (Å²) < 4.78 is 19.3. The molecule has 0 saturated heterocycles. The fourth-order valence-electron chi connectivity index (χ4n) is 4.07. The minimum Gasteiger partial charge on any atom is -0.450 e. The van der Waals surface area contributed by atoms with Crippen LogP contribution in [-0.4, -0.2) is 10.8 Å². The standard InChI is InChI=1S/C25H17ClFNO3/c1-14-11-20-18(12-19(14)26)23(29)21-22(16-5-3-2-4-6-16)28(25(30)24(21)31-20)13-15-7-9-17(27)10-8-15/h2-12,22H,13H2,1H3. The van der Waals surface area contributed by atoms with E-state index in [-0.39, 0.29) is 29.5 Å². The molecule has 4 aromatic rings. The van der Waals surface area contributed by atoms with Gasteiger partial charge in [-0.05, 0) is 47.9 Å². The number of carbonyl (C=O) groups is 1. The van der Waals surface area contributed by atoms with Crippen molar-refractivity contribution in [2.24, 2.45) is 0 Å². The largest absolute Gasteiger partial charge is 0.450 e. The van der Waals surface area contributed by atoms with E-state index in [1.165, 1.54) is 12.1 Å². The molecule has 0 saturated carbocycles. The van der Waals surface area contributed by atoms with E-state index in [4.69, 9.17) is 16.0 Å². The van der Waals surface area contributed by atoms with Crippen molar-refractivity contribution in [2.45, 2.75) is 19.5 Å². The molecule has 4 nitrogen and oxygen atoms in total. The van der Waals surface area contributed by atoms with Crippen molar-refractivity contribution in [3.8, 4) is 0 Å². The quantitative estimate of drug-likeness (QED) is 0.420. The van der Waals surface area contributed by atoms with Crippen LogP contribution in [0.1, 0.15) is 38.9 Å². The number of amides is 1. The maximum Gasteiger partial charge on any atom is 0.291 e. The molecule has 1 unspecified atom stereocenters. The minimum atomic E-state index is -0.616. The molecule has 1 atom stereocenters. The van der Waals surface area contributed by atoms with Crippen LogP contribution in [0.5, 0.6) is 0 Å². The van der Waals surface area contributed by atoms with Crippen LogP contribution in [-0.2, 0) is 6.54 Å². The third-order valence-electron chi connectivity index (χ3n) is 5.63. The van der Waals surface area contributed by atoms with E-state index in [1.807, 2.05) is 37.3 Å². The molecule has 0 fully saturated rings. The highest BCUT2D eigenvalue weighted by molar-refractivity contribution is 6.32. The molecule has 31 heavy (non-hydrogen) atoms. The van der Waals surface area contributed by atoms with Gasteiger partial charge in [-0.3, -0.25) is 9.59 Å². The number of hydrogen-bond donors (Lipinski definition) is 0. The van der Waals surface area contributed by atoms with Gasteiger partial charge >= 0.3 is 0 Å². The number of rotatable bonds is 3. The van der Waals surface area contributed by atoms with Crippen LogP contribution in [0.25, 0.3) is 11.0 Å². The average Bonchev–Trinajstić information content (AvgIpc) is 3.04. The van der Waals surface area contributed by atoms with Gasteiger partial charge in [-0.2, -0.15) is 0 Å². The lowest BCUT2D eigenvalue weighted by molar-refractivity contribution is 0.0714. The number of fused-ring (bicyclic) bond motifs is 2. The Labute approximate surface area is 182 Å². The Morgan fingerprint density at radius 2 is 1.74 bits per heavy atom. The number of nitrogens with zero attached hydrogens (tertiary/aromatic N) is 1. The van der Waals surface area contributed by atoms with E-state index in [2.05, 4.69) is 0 Å². The van der Waals surface area contributed by atoms with Crippen LogP contribution in [0.2, 0.25) is 5.02 Å². The van der Waals surface area contributed by atoms with E-state index in [0.717, 1.165) is 16.7 Å². The summed E-state index contributed by atoms with van der Waals surface area (Å²) in [5, 5.41) is 0.801. The molecule has 0 spiro atoms. The molecule has 0 radical (unpaired) electrons. The Hall–Kier alpha value is -3.44. The van der Waals surface area contributed by atoms with Crippen molar-refractivity contribution in [3.63, 3.8) is 0 Å². The number of aryl methyl sites for hydroxylation is 1. The van der Waals surface area contributed by atoms with Crippen molar-refractivity contribution >= 4 is 28.5 Å². The summed E-state index contributed by atoms with van der Waals surface area (Å²) >= 11 is 6.25. The normalized spacial score (nSPS) is 15.5. The van der Waals surface area contributed by atoms with E-state index in [9.17, 15) is 14.0 Å². The molecule has 1 aliphatic heterocycles. The number of hydrogen-bond acceptors (Lipinski definition) is 3. The third-order valence-corrected chi connectivity index (χ3v) is 6.04. The lowest BCUT2D eigenvalue weighted by atomic mass is 9.98.